The molecule has 0 atom stereocenters. The first-order chi connectivity index (χ1) is 12.2. The van der Waals surface area contributed by atoms with Crippen molar-refractivity contribution in [2.24, 2.45) is 11.5 Å². The zero-order valence-electron chi connectivity index (χ0n) is 13.4. The van der Waals surface area contributed by atoms with E-state index in [4.69, 9.17) is 16.2 Å². The molecule has 0 aliphatic rings. The van der Waals surface area contributed by atoms with E-state index in [9.17, 15) is 4.79 Å². The Kier molecular flexibility index (Phi) is 5.27. The number of hydrogen-bond acceptors (Lipinski definition) is 6. The number of carbonyl (C=O) groups excluding carboxylic acids is 1. The molecule has 0 radical (unpaired) electrons. The van der Waals surface area contributed by atoms with Crippen LogP contribution in [0, 0.1) is 0 Å². The maximum Gasteiger partial charge on any atom is 0.261 e. The molecular weight excluding hydrogens is 336 g/mol. The van der Waals surface area contributed by atoms with Crippen molar-refractivity contribution in [1.82, 2.24) is 4.98 Å². The lowest BCUT2D eigenvalue weighted by Gasteiger charge is -2.06. The molecule has 0 saturated carbocycles. The fourth-order valence-corrected chi connectivity index (χ4v) is 3.11. The van der Waals surface area contributed by atoms with Crippen LogP contribution in [0.5, 0.6) is 11.5 Å². The number of thiazole rings is 1. The molecule has 1 heterocycles. The lowest BCUT2D eigenvalue weighted by Crippen LogP contribution is -2.12. The molecule has 7 heteroatoms. The number of aromatic nitrogens is 1. The number of amides is 1. The van der Waals surface area contributed by atoms with Gasteiger partial charge in [-0.3, -0.25) is 4.79 Å². The summed E-state index contributed by atoms with van der Waals surface area (Å²) in [7, 11) is 0. The minimum Gasteiger partial charge on any atom is -0.457 e. The van der Waals surface area contributed by atoms with Gasteiger partial charge in [0.2, 0.25) is 0 Å². The standard InChI is InChI=1S/C18H18N4O2S/c19-10-11-21-18-22-15(16(25-18)17(20)23)12-6-8-14(9-7-12)24-13-4-2-1-3-5-13/h1-9H,10-11,19H2,(H2,20,23)(H,21,22). The van der Waals surface area contributed by atoms with Crippen molar-refractivity contribution in [3.63, 3.8) is 0 Å². The van der Waals surface area contributed by atoms with E-state index in [0.717, 1.165) is 11.3 Å². The molecule has 1 aromatic heterocycles. The van der Waals surface area contributed by atoms with Crippen LogP contribution in [0.2, 0.25) is 0 Å². The molecule has 0 saturated heterocycles. The maximum atomic E-state index is 11.7. The second-order valence-electron chi connectivity index (χ2n) is 5.22. The topological polar surface area (TPSA) is 103 Å². The number of rotatable bonds is 7. The Bertz CT molecular complexity index is 847. The number of benzene rings is 2. The summed E-state index contributed by atoms with van der Waals surface area (Å²) in [6, 6.07) is 16.9. The van der Waals surface area contributed by atoms with Crippen molar-refractivity contribution < 1.29 is 9.53 Å². The maximum absolute atomic E-state index is 11.7. The number of nitrogens with two attached hydrogens (primary N) is 2. The van der Waals surface area contributed by atoms with Crippen LogP contribution in [0.3, 0.4) is 0 Å². The van der Waals surface area contributed by atoms with Crippen LogP contribution < -0.4 is 21.5 Å². The van der Waals surface area contributed by atoms with Crippen molar-refractivity contribution in [1.29, 1.82) is 0 Å². The van der Waals surface area contributed by atoms with Crippen molar-refractivity contribution in [3.05, 3.63) is 59.5 Å². The third-order valence-corrected chi connectivity index (χ3v) is 4.41. The third kappa shape index (κ3) is 4.14. The highest BCUT2D eigenvalue weighted by Crippen LogP contribution is 2.32. The van der Waals surface area contributed by atoms with E-state index in [1.54, 1.807) is 0 Å². The molecular formula is C18H18N4O2S. The summed E-state index contributed by atoms with van der Waals surface area (Å²) in [5, 5.41) is 3.70. The van der Waals surface area contributed by atoms with E-state index in [1.807, 2.05) is 54.6 Å². The zero-order valence-corrected chi connectivity index (χ0v) is 14.3. The Morgan fingerprint density at radius 2 is 1.76 bits per heavy atom. The van der Waals surface area contributed by atoms with Crippen LogP contribution in [-0.2, 0) is 0 Å². The largest absolute Gasteiger partial charge is 0.457 e. The van der Waals surface area contributed by atoms with Gasteiger partial charge in [0, 0.05) is 18.7 Å². The van der Waals surface area contributed by atoms with Gasteiger partial charge in [-0.2, -0.15) is 0 Å². The third-order valence-electron chi connectivity index (χ3n) is 3.38. The Labute approximate surface area is 149 Å². The number of carbonyl (C=O) groups is 1. The number of para-hydroxylation sites is 1. The highest BCUT2D eigenvalue weighted by molar-refractivity contribution is 7.18. The number of nitrogens with zero attached hydrogens (tertiary/aromatic N) is 1. The summed E-state index contributed by atoms with van der Waals surface area (Å²) in [6.07, 6.45) is 0. The minimum absolute atomic E-state index is 0.413. The zero-order chi connectivity index (χ0) is 17.6. The molecule has 1 amide bonds. The summed E-state index contributed by atoms with van der Waals surface area (Å²) < 4.78 is 5.77. The van der Waals surface area contributed by atoms with Crippen LogP contribution in [0.15, 0.2) is 54.6 Å². The molecule has 0 bridgehead atoms. The van der Waals surface area contributed by atoms with Crippen LogP contribution >= 0.6 is 11.3 Å². The van der Waals surface area contributed by atoms with Crippen LogP contribution in [0.1, 0.15) is 9.67 Å². The molecule has 0 spiro atoms. The highest BCUT2D eigenvalue weighted by atomic mass is 32.1. The molecule has 6 nitrogen and oxygen atoms in total. The summed E-state index contributed by atoms with van der Waals surface area (Å²) >= 11 is 1.23. The smallest absolute Gasteiger partial charge is 0.261 e. The predicted molar refractivity (Wildman–Crippen MR) is 100 cm³/mol. The second-order valence-corrected chi connectivity index (χ2v) is 6.22. The molecule has 0 aliphatic carbocycles. The van der Waals surface area contributed by atoms with E-state index < -0.39 is 5.91 Å². The van der Waals surface area contributed by atoms with Crippen molar-refractivity contribution >= 4 is 22.4 Å². The van der Waals surface area contributed by atoms with Crippen LogP contribution in [-0.4, -0.2) is 24.0 Å². The van der Waals surface area contributed by atoms with Gasteiger partial charge in [0.1, 0.15) is 16.4 Å². The molecule has 128 valence electrons. The second kappa shape index (κ2) is 7.78. The van der Waals surface area contributed by atoms with Gasteiger partial charge in [0.05, 0.1) is 5.69 Å². The van der Waals surface area contributed by atoms with Gasteiger partial charge in [-0.1, -0.05) is 29.5 Å². The average molecular weight is 354 g/mol. The van der Waals surface area contributed by atoms with E-state index in [2.05, 4.69) is 10.3 Å². The number of primary amides is 1. The van der Waals surface area contributed by atoms with Gasteiger partial charge < -0.3 is 21.5 Å². The molecule has 0 aliphatic heterocycles. The van der Waals surface area contributed by atoms with Crippen molar-refractivity contribution in [3.8, 4) is 22.8 Å². The Morgan fingerprint density at radius 1 is 1.08 bits per heavy atom. The van der Waals surface area contributed by atoms with Gasteiger partial charge in [-0.05, 0) is 36.4 Å². The monoisotopic (exact) mass is 354 g/mol. The van der Waals surface area contributed by atoms with E-state index in [0.29, 0.717) is 34.5 Å². The van der Waals surface area contributed by atoms with Gasteiger partial charge in [-0.15, -0.1) is 0 Å². The lowest BCUT2D eigenvalue weighted by molar-refractivity contribution is 0.100. The fourth-order valence-electron chi connectivity index (χ4n) is 2.24. The first kappa shape index (κ1) is 16.9. The molecule has 2 aromatic carbocycles. The van der Waals surface area contributed by atoms with E-state index in [-0.39, 0.29) is 0 Å². The first-order valence-electron chi connectivity index (χ1n) is 7.75. The molecule has 25 heavy (non-hydrogen) atoms. The number of hydrogen-bond donors (Lipinski definition) is 3. The van der Waals surface area contributed by atoms with Gasteiger partial charge >= 0.3 is 0 Å². The number of nitrogens with one attached hydrogen (secondary N) is 1. The Morgan fingerprint density at radius 3 is 2.40 bits per heavy atom. The molecule has 5 N–H and O–H groups in total. The normalized spacial score (nSPS) is 10.4. The summed E-state index contributed by atoms with van der Waals surface area (Å²) in [5.74, 6) is 0.959. The SMILES string of the molecule is NCCNc1nc(-c2ccc(Oc3ccccc3)cc2)c(C(N)=O)s1. The summed E-state index contributed by atoms with van der Waals surface area (Å²) in [4.78, 5) is 16.6. The summed E-state index contributed by atoms with van der Waals surface area (Å²) in [5.41, 5.74) is 12.3. The molecule has 0 fully saturated rings. The van der Waals surface area contributed by atoms with Gasteiger partial charge in [0.25, 0.3) is 5.91 Å². The number of anilines is 1. The van der Waals surface area contributed by atoms with Crippen LogP contribution in [0.25, 0.3) is 11.3 Å². The predicted octanol–water partition coefficient (Wildman–Crippen LogP) is 3.07. The molecule has 0 unspecified atom stereocenters. The van der Waals surface area contributed by atoms with E-state index in [1.165, 1.54) is 11.3 Å². The molecule has 3 rings (SSSR count). The lowest BCUT2D eigenvalue weighted by atomic mass is 10.1. The summed E-state index contributed by atoms with van der Waals surface area (Å²) in [6.45, 7) is 1.06. The van der Waals surface area contributed by atoms with Gasteiger partial charge in [0.15, 0.2) is 5.13 Å². The highest BCUT2D eigenvalue weighted by Gasteiger charge is 2.17. The Hall–Kier alpha value is -2.90. The van der Waals surface area contributed by atoms with Crippen molar-refractivity contribution in [2.45, 2.75) is 0 Å². The average Bonchev–Trinajstić information content (AvgIpc) is 3.06. The molecule has 3 aromatic rings. The first-order valence-corrected chi connectivity index (χ1v) is 8.57. The minimum atomic E-state index is -0.502. The number of ether oxygens (including phenoxy) is 1. The fraction of sp³-hybridized carbons (Fsp3) is 0.111. The Balaban J connectivity index is 1.84. The van der Waals surface area contributed by atoms with E-state index >= 15 is 0 Å². The van der Waals surface area contributed by atoms with Gasteiger partial charge in [-0.25, -0.2) is 4.98 Å². The quantitative estimate of drug-likeness (QED) is 0.605. The van der Waals surface area contributed by atoms with Crippen LogP contribution in [0.4, 0.5) is 5.13 Å². The van der Waals surface area contributed by atoms with Crippen molar-refractivity contribution in [2.75, 3.05) is 18.4 Å².